The van der Waals surface area contributed by atoms with Crippen molar-refractivity contribution in [3.63, 3.8) is 0 Å². The van der Waals surface area contributed by atoms with Gasteiger partial charge in [-0.3, -0.25) is 4.79 Å². The van der Waals surface area contributed by atoms with Gasteiger partial charge in [-0.15, -0.1) is 11.3 Å². The monoisotopic (exact) mass is 334 g/mol. The van der Waals surface area contributed by atoms with Crippen LogP contribution in [-0.4, -0.2) is 4.57 Å². The lowest BCUT2D eigenvalue weighted by atomic mass is 10.2. The summed E-state index contributed by atoms with van der Waals surface area (Å²) in [4.78, 5) is 12.3. The Morgan fingerprint density at radius 1 is 1.26 bits per heavy atom. The van der Waals surface area contributed by atoms with E-state index in [-0.39, 0.29) is 5.56 Å². The average Bonchev–Trinajstić information content (AvgIpc) is 2.85. The first-order valence-electron chi connectivity index (χ1n) is 5.76. The molecule has 0 fully saturated rings. The number of pyridine rings is 1. The largest absolute Gasteiger partial charge is 0.399 e. The third-order valence-corrected chi connectivity index (χ3v) is 4.63. The Balaban J connectivity index is 2.05. The van der Waals surface area contributed by atoms with Crippen LogP contribution in [0.5, 0.6) is 0 Å². The van der Waals surface area contributed by atoms with Crippen LogP contribution in [0, 0.1) is 0 Å². The molecule has 2 heterocycles. The number of nitrogens with zero attached hydrogens (tertiary/aromatic N) is 1. The minimum absolute atomic E-state index is 0.0440. The standard InChI is InChI=1S/C14H11BrN2OS/c15-12-7-10(16)2-1-9(12)8-17-5-3-13-11(14(17)18)4-6-19-13/h1-7H,8,16H2. The molecule has 0 aliphatic heterocycles. The Bertz CT molecular complexity index is 807. The molecule has 3 rings (SSSR count). The fraction of sp³-hybridized carbons (Fsp3) is 0.0714. The highest BCUT2D eigenvalue weighted by Gasteiger charge is 2.06. The highest BCUT2D eigenvalue weighted by Crippen LogP contribution is 2.21. The topological polar surface area (TPSA) is 48.0 Å². The molecule has 96 valence electrons. The van der Waals surface area contributed by atoms with Gasteiger partial charge in [0.25, 0.3) is 5.56 Å². The van der Waals surface area contributed by atoms with Crippen molar-refractivity contribution in [3.8, 4) is 0 Å². The van der Waals surface area contributed by atoms with Crippen LogP contribution < -0.4 is 11.3 Å². The first kappa shape index (κ1) is 12.4. The predicted octanol–water partition coefficient (Wildman–Crippen LogP) is 3.46. The van der Waals surface area contributed by atoms with E-state index < -0.39 is 0 Å². The number of halogens is 1. The normalized spacial score (nSPS) is 11.0. The van der Waals surface area contributed by atoms with E-state index in [1.165, 1.54) is 0 Å². The fourth-order valence-electron chi connectivity index (χ4n) is 2.01. The van der Waals surface area contributed by atoms with Gasteiger partial charge in [0.2, 0.25) is 0 Å². The second-order valence-electron chi connectivity index (χ2n) is 4.30. The smallest absolute Gasteiger partial charge is 0.259 e. The van der Waals surface area contributed by atoms with Crippen LogP contribution in [0.4, 0.5) is 5.69 Å². The van der Waals surface area contributed by atoms with Crippen molar-refractivity contribution in [2.24, 2.45) is 0 Å². The van der Waals surface area contributed by atoms with Crippen LogP contribution >= 0.6 is 27.3 Å². The van der Waals surface area contributed by atoms with Crippen molar-refractivity contribution < 1.29 is 0 Å². The Hall–Kier alpha value is -1.59. The van der Waals surface area contributed by atoms with Crippen LogP contribution in [-0.2, 0) is 6.54 Å². The number of benzene rings is 1. The minimum Gasteiger partial charge on any atom is -0.399 e. The molecule has 0 aliphatic rings. The quantitative estimate of drug-likeness (QED) is 0.729. The second kappa shape index (κ2) is 4.83. The number of thiophene rings is 1. The molecule has 5 heteroatoms. The maximum atomic E-state index is 12.3. The highest BCUT2D eigenvalue weighted by atomic mass is 79.9. The van der Waals surface area contributed by atoms with Gasteiger partial charge in [0.15, 0.2) is 0 Å². The first-order chi connectivity index (χ1) is 9.15. The third-order valence-electron chi connectivity index (χ3n) is 3.01. The van der Waals surface area contributed by atoms with Crippen molar-refractivity contribution in [1.29, 1.82) is 0 Å². The van der Waals surface area contributed by atoms with E-state index in [9.17, 15) is 4.79 Å². The summed E-state index contributed by atoms with van der Waals surface area (Å²) in [6.45, 7) is 0.533. The summed E-state index contributed by atoms with van der Waals surface area (Å²) in [5, 5.41) is 2.72. The molecule has 2 N–H and O–H groups in total. The Morgan fingerprint density at radius 3 is 2.89 bits per heavy atom. The number of anilines is 1. The van der Waals surface area contributed by atoms with Gasteiger partial charge in [0, 0.05) is 21.1 Å². The van der Waals surface area contributed by atoms with Crippen molar-refractivity contribution in [2.45, 2.75) is 6.54 Å². The molecule has 0 bridgehead atoms. The Kier molecular flexibility index (Phi) is 3.16. The lowest BCUT2D eigenvalue weighted by molar-refractivity contribution is 0.766. The van der Waals surface area contributed by atoms with Crippen LogP contribution in [0.2, 0.25) is 0 Å². The summed E-state index contributed by atoms with van der Waals surface area (Å²) < 4.78 is 3.66. The van der Waals surface area contributed by atoms with Crippen molar-refractivity contribution in [3.05, 3.63) is 62.3 Å². The highest BCUT2D eigenvalue weighted by molar-refractivity contribution is 9.10. The molecule has 0 unspecified atom stereocenters. The van der Waals surface area contributed by atoms with Gasteiger partial charge < -0.3 is 10.3 Å². The van der Waals surface area contributed by atoms with Gasteiger partial charge >= 0.3 is 0 Å². The van der Waals surface area contributed by atoms with Crippen LogP contribution in [0.3, 0.4) is 0 Å². The van der Waals surface area contributed by atoms with Gasteiger partial charge in [0.1, 0.15) is 0 Å². The molecule has 0 saturated carbocycles. The fourth-order valence-corrected chi connectivity index (χ4v) is 3.30. The second-order valence-corrected chi connectivity index (χ2v) is 6.10. The molecule has 0 atom stereocenters. The summed E-state index contributed by atoms with van der Waals surface area (Å²) in [7, 11) is 0. The molecule has 0 aliphatic carbocycles. The van der Waals surface area contributed by atoms with Gasteiger partial charge in [-0.25, -0.2) is 0 Å². The predicted molar refractivity (Wildman–Crippen MR) is 83.7 cm³/mol. The summed E-state index contributed by atoms with van der Waals surface area (Å²) in [6.07, 6.45) is 1.84. The molecule has 0 amide bonds. The lowest BCUT2D eigenvalue weighted by Gasteiger charge is -2.08. The summed E-state index contributed by atoms with van der Waals surface area (Å²) in [5.74, 6) is 0. The van der Waals surface area contributed by atoms with E-state index >= 15 is 0 Å². The number of nitrogen functional groups attached to an aromatic ring is 1. The van der Waals surface area contributed by atoms with E-state index in [1.807, 2.05) is 41.9 Å². The lowest BCUT2D eigenvalue weighted by Crippen LogP contribution is -2.19. The van der Waals surface area contributed by atoms with Crippen molar-refractivity contribution in [1.82, 2.24) is 4.57 Å². The summed E-state index contributed by atoms with van der Waals surface area (Å²) >= 11 is 5.06. The summed E-state index contributed by atoms with van der Waals surface area (Å²) in [5.41, 5.74) is 7.50. The Morgan fingerprint density at radius 2 is 2.11 bits per heavy atom. The minimum atomic E-state index is 0.0440. The van der Waals surface area contributed by atoms with E-state index in [4.69, 9.17) is 5.73 Å². The van der Waals surface area contributed by atoms with E-state index in [1.54, 1.807) is 15.9 Å². The molecule has 3 aromatic rings. The first-order valence-corrected chi connectivity index (χ1v) is 7.43. The molecule has 1 aromatic carbocycles. The number of aromatic nitrogens is 1. The third kappa shape index (κ3) is 2.31. The zero-order valence-electron chi connectivity index (χ0n) is 9.97. The summed E-state index contributed by atoms with van der Waals surface area (Å²) in [6, 6.07) is 9.48. The zero-order chi connectivity index (χ0) is 13.4. The van der Waals surface area contributed by atoms with Gasteiger partial charge in [-0.05, 0) is 35.2 Å². The molecular weight excluding hydrogens is 324 g/mol. The number of nitrogens with two attached hydrogens (primary N) is 1. The van der Waals surface area contributed by atoms with E-state index in [2.05, 4.69) is 15.9 Å². The van der Waals surface area contributed by atoms with Crippen LogP contribution in [0.1, 0.15) is 5.56 Å². The number of rotatable bonds is 2. The average molecular weight is 335 g/mol. The molecule has 0 radical (unpaired) electrons. The van der Waals surface area contributed by atoms with Crippen molar-refractivity contribution in [2.75, 3.05) is 5.73 Å². The molecule has 3 nitrogen and oxygen atoms in total. The van der Waals surface area contributed by atoms with Gasteiger partial charge in [-0.2, -0.15) is 0 Å². The molecule has 19 heavy (non-hydrogen) atoms. The van der Waals surface area contributed by atoms with Crippen molar-refractivity contribution >= 4 is 43.0 Å². The number of hydrogen-bond donors (Lipinski definition) is 1. The molecule has 0 saturated heterocycles. The maximum Gasteiger partial charge on any atom is 0.259 e. The van der Waals surface area contributed by atoms with E-state index in [0.717, 1.165) is 20.1 Å². The van der Waals surface area contributed by atoms with Gasteiger partial charge in [0.05, 0.1) is 11.9 Å². The number of hydrogen-bond acceptors (Lipinski definition) is 3. The number of fused-ring (bicyclic) bond motifs is 1. The molecule has 2 aromatic heterocycles. The van der Waals surface area contributed by atoms with E-state index in [0.29, 0.717) is 12.2 Å². The maximum absolute atomic E-state index is 12.3. The molecule has 0 spiro atoms. The van der Waals surface area contributed by atoms with Crippen LogP contribution in [0.25, 0.3) is 10.1 Å². The van der Waals surface area contributed by atoms with Gasteiger partial charge in [-0.1, -0.05) is 22.0 Å². The molecular formula is C14H11BrN2OS. The zero-order valence-corrected chi connectivity index (χ0v) is 12.4. The van der Waals surface area contributed by atoms with Crippen LogP contribution in [0.15, 0.2) is 51.2 Å². The SMILES string of the molecule is Nc1ccc(Cn2ccc3sccc3c2=O)c(Br)c1. The Labute approximate surface area is 122 Å².